The van der Waals surface area contributed by atoms with Gasteiger partial charge in [0.05, 0.1) is 5.69 Å². The Hall–Kier alpha value is -2.43. The second-order valence-corrected chi connectivity index (χ2v) is 4.35. The lowest BCUT2D eigenvalue weighted by Gasteiger charge is -2.15. The van der Waals surface area contributed by atoms with Crippen molar-refractivity contribution in [2.75, 3.05) is 10.6 Å². The van der Waals surface area contributed by atoms with Crippen molar-refractivity contribution >= 4 is 17.3 Å². The molecule has 0 aliphatic heterocycles. The van der Waals surface area contributed by atoms with Crippen LogP contribution in [0.3, 0.4) is 0 Å². The molecule has 0 aliphatic rings. The lowest BCUT2D eigenvalue weighted by atomic mass is 10.2. The third kappa shape index (κ3) is 3.54. The van der Waals surface area contributed by atoms with Gasteiger partial charge in [0.15, 0.2) is 0 Å². The molecule has 0 fully saturated rings. The van der Waals surface area contributed by atoms with Gasteiger partial charge in [-0.15, -0.1) is 0 Å². The standard InChI is InChI=1S/C15H14F2N2O/c1-10(15(20)19-12-5-3-2-4-6-12)18-14-8-7-11(16)9-13(14)17/h2-10,18H,1H3,(H,19,20). The zero-order valence-corrected chi connectivity index (χ0v) is 10.9. The van der Waals surface area contributed by atoms with Crippen LogP contribution < -0.4 is 10.6 Å². The van der Waals surface area contributed by atoms with Crippen molar-refractivity contribution in [3.8, 4) is 0 Å². The van der Waals surface area contributed by atoms with E-state index < -0.39 is 17.7 Å². The lowest BCUT2D eigenvalue weighted by molar-refractivity contribution is -0.116. The summed E-state index contributed by atoms with van der Waals surface area (Å²) in [6, 6.07) is 11.4. The fourth-order valence-corrected chi connectivity index (χ4v) is 1.68. The number of hydrogen-bond donors (Lipinski definition) is 2. The summed E-state index contributed by atoms with van der Waals surface area (Å²) in [5.41, 5.74) is 0.743. The molecule has 0 bridgehead atoms. The Morgan fingerprint density at radius 2 is 1.80 bits per heavy atom. The molecule has 2 N–H and O–H groups in total. The maximum absolute atomic E-state index is 13.5. The van der Waals surface area contributed by atoms with E-state index in [9.17, 15) is 13.6 Å². The summed E-state index contributed by atoms with van der Waals surface area (Å²) in [7, 11) is 0. The fourth-order valence-electron chi connectivity index (χ4n) is 1.68. The van der Waals surface area contributed by atoms with E-state index in [0.717, 1.165) is 12.1 Å². The van der Waals surface area contributed by atoms with Crippen LogP contribution in [-0.4, -0.2) is 11.9 Å². The van der Waals surface area contributed by atoms with E-state index in [1.54, 1.807) is 31.2 Å². The zero-order chi connectivity index (χ0) is 14.5. The Kier molecular flexibility index (Phi) is 4.30. The largest absolute Gasteiger partial charge is 0.372 e. The highest BCUT2D eigenvalue weighted by molar-refractivity contribution is 5.96. The molecule has 5 heteroatoms. The summed E-state index contributed by atoms with van der Waals surface area (Å²) < 4.78 is 26.3. The van der Waals surface area contributed by atoms with Crippen LogP contribution >= 0.6 is 0 Å². The average molecular weight is 276 g/mol. The highest BCUT2D eigenvalue weighted by Gasteiger charge is 2.14. The predicted molar refractivity (Wildman–Crippen MR) is 74.5 cm³/mol. The number of carbonyl (C=O) groups excluding carboxylic acids is 1. The molecule has 2 rings (SSSR count). The summed E-state index contributed by atoms with van der Waals surface area (Å²) >= 11 is 0. The number of carbonyl (C=O) groups is 1. The van der Waals surface area contributed by atoms with Crippen molar-refractivity contribution in [1.29, 1.82) is 0 Å². The van der Waals surface area contributed by atoms with E-state index in [4.69, 9.17) is 0 Å². The monoisotopic (exact) mass is 276 g/mol. The second kappa shape index (κ2) is 6.14. The number of anilines is 2. The van der Waals surface area contributed by atoms with Gasteiger partial charge in [0.2, 0.25) is 5.91 Å². The fraction of sp³-hybridized carbons (Fsp3) is 0.133. The summed E-state index contributed by atoms with van der Waals surface area (Å²) in [4.78, 5) is 11.9. The molecule has 0 radical (unpaired) electrons. The SMILES string of the molecule is CC(Nc1ccc(F)cc1F)C(=O)Nc1ccccc1. The van der Waals surface area contributed by atoms with Gasteiger partial charge in [0, 0.05) is 11.8 Å². The number of halogens is 2. The van der Waals surface area contributed by atoms with Crippen LogP contribution in [0, 0.1) is 11.6 Å². The molecule has 20 heavy (non-hydrogen) atoms. The third-order valence-electron chi connectivity index (χ3n) is 2.74. The Labute approximate surface area is 115 Å². The molecule has 2 aromatic carbocycles. The van der Waals surface area contributed by atoms with E-state index in [2.05, 4.69) is 10.6 Å². The van der Waals surface area contributed by atoms with Crippen LogP contribution in [0.25, 0.3) is 0 Å². The first-order valence-corrected chi connectivity index (χ1v) is 6.14. The molecular formula is C15H14F2N2O. The molecule has 0 heterocycles. The number of para-hydroxylation sites is 1. The molecule has 2 aromatic rings. The van der Waals surface area contributed by atoms with Gasteiger partial charge in [-0.25, -0.2) is 8.78 Å². The van der Waals surface area contributed by atoms with Crippen LogP contribution in [0.1, 0.15) is 6.92 Å². The van der Waals surface area contributed by atoms with Crippen LogP contribution in [-0.2, 0) is 4.79 Å². The van der Waals surface area contributed by atoms with Gasteiger partial charge in [-0.3, -0.25) is 4.79 Å². The highest BCUT2D eigenvalue weighted by Crippen LogP contribution is 2.16. The first kappa shape index (κ1) is 14.0. The Morgan fingerprint density at radius 1 is 1.10 bits per heavy atom. The van der Waals surface area contributed by atoms with Gasteiger partial charge in [-0.2, -0.15) is 0 Å². The Balaban J connectivity index is 2.00. The number of hydrogen-bond acceptors (Lipinski definition) is 2. The molecule has 104 valence electrons. The minimum Gasteiger partial charge on any atom is -0.372 e. The number of amides is 1. The Morgan fingerprint density at radius 3 is 2.45 bits per heavy atom. The minimum absolute atomic E-state index is 0.0853. The van der Waals surface area contributed by atoms with E-state index in [-0.39, 0.29) is 11.6 Å². The van der Waals surface area contributed by atoms with Crippen molar-refractivity contribution in [1.82, 2.24) is 0 Å². The second-order valence-electron chi connectivity index (χ2n) is 4.35. The molecule has 0 saturated heterocycles. The van der Waals surface area contributed by atoms with E-state index >= 15 is 0 Å². The van der Waals surface area contributed by atoms with Crippen LogP contribution in [0.4, 0.5) is 20.2 Å². The minimum atomic E-state index is -0.732. The van der Waals surface area contributed by atoms with Gasteiger partial charge in [0.25, 0.3) is 0 Å². The first-order chi connectivity index (χ1) is 9.56. The maximum atomic E-state index is 13.5. The molecule has 0 aromatic heterocycles. The van der Waals surface area contributed by atoms with E-state index in [0.29, 0.717) is 5.69 Å². The number of benzene rings is 2. The van der Waals surface area contributed by atoms with Crippen LogP contribution in [0.5, 0.6) is 0 Å². The van der Waals surface area contributed by atoms with Gasteiger partial charge in [-0.1, -0.05) is 18.2 Å². The summed E-state index contributed by atoms with van der Waals surface area (Å²) in [6.07, 6.45) is 0. The first-order valence-electron chi connectivity index (χ1n) is 6.14. The van der Waals surface area contributed by atoms with Gasteiger partial charge in [0.1, 0.15) is 17.7 Å². The summed E-state index contributed by atoms with van der Waals surface area (Å²) in [5, 5.41) is 5.40. The van der Waals surface area contributed by atoms with Crippen LogP contribution in [0.2, 0.25) is 0 Å². The normalized spacial score (nSPS) is 11.8. The molecule has 3 nitrogen and oxygen atoms in total. The van der Waals surface area contributed by atoms with Gasteiger partial charge in [-0.05, 0) is 31.2 Å². The van der Waals surface area contributed by atoms with E-state index in [1.807, 2.05) is 6.07 Å². The molecule has 0 aliphatic carbocycles. The van der Waals surface area contributed by atoms with Gasteiger partial charge >= 0.3 is 0 Å². The van der Waals surface area contributed by atoms with Gasteiger partial charge < -0.3 is 10.6 Å². The summed E-state index contributed by atoms with van der Waals surface area (Å²) in [6.45, 7) is 1.60. The van der Waals surface area contributed by atoms with E-state index in [1.165, 1.54) is 6.07 Å². The molecule has 1 amide bonds. The summed E-state index contributed by atoms with van der Waals surface area (Å²) in [5.74, 6) is -1.70. The Bertz CT molecular complexity index is 602. The molecular weight excluding hydrogens is 262 g/mol. The van der Waals surface area contributed by atoms with Crippen molar-refractivity contribution < 1.29 is 13.6 Å². The molecule has 1 atom stereocenters. The molecule has 0 spiro atoms. The highest BCUT2D eigenvalue weighted by atomic mass is 19.1. The maximum Gasteiger partial charge on any atom is 0.246 e. The predicted octanol–water partition coefficient (Wildman–Crippen LogP) is 3.40. The van der Waals surface area contributed by atoms with Crippen LogP contribution in [0.15, 0.2) is 48.5 Å². The topological polar surface area (TPSA) is 41.1 Å². The average Bonchev–Trinajstić information content (AvgIpc) is 2.43. The molecule has 0 saturated carbocycles. The molecule has 1 unspecified atom stereocenters. The third-order valence-corrected chi connectivity index (χ3v) is 2.74. The zero-order valence-electron chi connectivity index (χ0n) is 10.9. The van der Waals surface area contributed by atoms with Crippen molar-refractivity contribution in [2.24, 2.45) is 0 Å². The number of rotatable bonds is 4. The van der Waals surface area contributed by atoms with Crippen molar-refractivity contribution in [3.63, 3.8) is 0 Å². The number of nitrogens with one attached hydrogen (secondary N) is 2. The van der Waals surface area contributed by atoms with Crippen molar-refractivity contribution in [3.05, 3.63) is 60.2 Å². The smallest absolute Gasteiger partial charge is 0.246 e. The van der Waals surface area contributed by atoms with Crippen molar-refractivity contribution in [2.45, 2.75) is 13.0 Å². The quantitative estimate of drug-likeness (QED) is 0.898. The lowest BCUT2D eigenvalue weighted by Crippen LogP contribution is -2.32.